The number of carbonyl (C=O) groups is 2. The first-order chi connectivity index (χ1) is 14.1. The van der Waals surface area contributed by atoms with Crippen LogP contribution in [0.4, 0.5) is 0 Å². The maximum atomic E-state index is 12.3. The predicted octanol–water partition coefficient (Wildman–Crippen LogP) is 3.90. The van der Waals surface area contributed by atoms with Gasteiger partial charge in [-0.25, -0.2) is 0 Å². The van der Waals surface area contributed by atoms with Crippen LogP contribution in [0.1, 0.15) is 33.5 Å². The normalized spacial score (nSPS) is 10.7. The number of carbonyl (C=O) groups excluding carboxylic acids is 2. The van der Waals surface area contributed by atoms with E-state index in [1.165, 1.54) is 11.8 Å². The molecule has 0 aliphatic rings. The second kappa shape index (κ2) is 10.2. The van der Waals surface area contributed by atoms with Gasteiger partial charge < -0.3 is 9.88 Å². The van der Waals surface area contributed by atoms with Gasteiger partial charge >= 0.3 is 0 Å². The fourth-order valence-electron chi connectivity index (χ4n) is 2.79. The van der Waals surface area contributed by atoms with E-state index < -0.39 is 0 Å². The van der Waals surface area contributed by atoms with Crippen molar-refractivity contribution in [3.63, 3.8) is 0 Å². The number of thioether (sulfide) groups is 1. The van der Waals surface area contributed by atoms with E-state index in [1.807, 2.05) is 29.7 Å². The molecule has 1 heterocycles. The Bertz CT molecular complexity index is 991. The molecule has 0 unspecified atom stereocenters. The fraction of sp³-hybridized carbons (Fsp3) is 0.238. The zero-order chi connectivity index (χ0) is 20.6. The van der Waals surface area contributed by atoms with Gasteiger partial charge in [-0.05, 0) is 19.1 Å². The maximum Gasteiger partial charge on any atom is 0.252 e. The molecule has 29 heavy (non-hydrogen) atoms. The Hall–Kier alpha value is -2.64. The molecule has 0 saturated carbocycles. The molecular weight excluding hydrogens is 408 g/mol. The summed E-state index contributed by atoms with van der Waals surface area (Å²) in [5.74, 6) is 0.892. The highest BCUT2D eigenvalue weighted by Gasteiger charge is 2.15. The molecular formula is C21H21ClN4O2S. The highest BCUT2D eigenvalue weighted by atomic mass is 35.5. The Labute approximate surface area is 178 Å². The summed E-state index contributed by atoms with van der Waals surface area (Å²) < 4.78 is 1.96. The summed E-state index contributed by atoms with van der Waals surface area (Å²) in [6, 6.07) is 16.1. The van der Waals surface area contributed by atoms with Crippen LogP contribution < -0.4 is 5.32 Å². The van der Waals surface area contributed by atoms with Crippen molar-refractivity contribution in [3.8, 4) is 0 Å². The van der Waals surface area contributed by atoms with Gasteiger partial charge in [0.15, 0.2) is 10.9 Å². The monoisotopic (exact) mass is 428 g/mol. The number of nitrogens with one attached hydrogen (secondary N) is 1. The molecule has 3 rings (SSSR count). The number of aromatic nitrogens is 3. The predicted molar refractivity (Wildman–Crippen MR) is 115 cm³/mol. The van der Waals surface area contributed by atoms with Crippen molar-refractivity contribution >= 4 is 35.1 Å². The Morgan fingerprint density at radius 3 is 2.52 bits per heavy atom. The van der Waals surface area contributed by atoms with Gasteiger partial charge in [0.2, 0.25) is 0 Å². The Balaban J connectivity index is 1.56. The summed E-state index contributed by atoms with van der Waals surface area (Å²) in [7, 11) is 0. The zero-order valence-electron chi connectivity index (χ0n) is 16.0. The van der Waals surface area contributed by atoms with Crippen molar-refractivity contribution in [1.29, 1.82) is 0 Å². The average molecular weight is 429 g/mol. The van der Waals surface area contributed by atoms with E-state index >= 15 is 0 Å². The smallest absolute Gasteiger partial charge is 0.252 e. The van der Waals surface area contributed by atoms with E-state index in [4.69, 9.17) is 11.6 Å². The van der Waals surface area contributed by atoms with Gasteiger partial charge in [-0.2, -0.15) is 0 Å². The van der Waals surface area contributed by atoms with Gasteiger partial charge in [-0.1, -0.05) is 65.8 Å². The standard InChI is InChI=1S/C21H21ClN4O2S/c1-2-26-19(12-13-23-20(28)16-10-6-7-11-17(16)22)24-25-21(26)29-14-18(27)15-8-4-3-5-9-15/h3-11H,2,12-14H2,1H3,(H,23,28). The first-order valence-electron chi connectivity index (χ1n) is 9.26. The Morgan fingerprint density at radius 1 is 1.07 bits per heavy atom. The number of ketones is 1. The second-order valence-electron chi connectivity index (χ2n) is 6.21. The summed E-state index contributed by atoms with van der Waals surface area (Å²) in [5.41, 5.74) is 1.13. The van der Waals surface area contributed by atoms with E-state index in [-0.39, 0.29) is 11.7 Å². The van der Waals surface area contributed by atoms with Crippen LogP contribution in [-0.4, -0.2) is 38.8 Å². The van der Waals surface area contributed by atoms with Crippen LogP contribution in [0.3, 0.4) is 0 Å². The topological polar surface area (TPSA) is 76.9 Å². The molecule has 0 aliphatic carbocycles. The van der Waals surface area contributed by atoms with Crippen molar-refractivity contribution in [2.75, 3.05) is 12.3 Å². The Morgan fingerprint density at radius 2 is 1.79 bits per heavy atom. The van der Waals surface area contributed by atoms with Gasteiger partial charge in [-0.3, -0.25) is 9.59 Å². The number of halogens is 1. The molecule has 0 saturated heterocycles. The lowest BCUT2D eigenvalue weighted by Crippen LogP contribution is -2.26. The van der Waals surface area contributed by atoms with Crippen LogP contribution >= 0.6 is 23.4 Å². The molecule has 1 aromatic heterocycles. The number of nitrogens with zero attached hydrogens (tertiary/aromatic N) is 3. The quantitative estimate of drug-likeness (QED) is 0.413. The molecule has 0 fully saturated rings. The molecule has 8 heteroatoms. The molecule has 6 nitrogen and oxygen atoms in total. The first-order valence-corrected chi connectivity index (χ1v) is 10.6. The fourth-order valence-corrected chi connectivity index (χ4v) is 3.93. The summed E-state index contributed by atoms with van der Waals surface area (Å²) in [5, 5.41) is 12.4. The van der Waals surface area contributed by atoms with Gasteiger partial charge in [0.25, 0.3) is 5.91 Å². The molecule has 2 aromatic carbocycles. The van der Waals surface area contributed by atoms with Crippen molar-refractivity contribution in [2.24, 2.45) is 0 Å². The van der Waals surface area contributed by atoms with Crippen LogP contribution in [0.25, 0.3) is 0 Å². The van der Waals surface area contributed by atoms with E-state index in [9.17, 15) is 9.59 Å². The van der Waals surface area contributed by atoms with Crippen molar-refractivity contribution in [3.05, 3.63) is 76.6 Å². The molecule has 3 aromatic rings. The molecule has 1 amide bonds. The van der Waals surface area contributed by atoms with Crippen molar-refractivity contribution in [2.45, 2.75) is 25.0 Å². The summed E-state index contributed by atoms with van der Waals surface area (Å²) in [4.78, 5) is 24.5. The van der Waals surface area contributed by atoms with Crippen LogP contribution in [0.15, 0.2) is 59.8 Å². The molecule has 150 valence electrons. The third-order valence-corrected chi connectivity index (χ3v) is 5.59. The minimum absolute atomic E-state index is 0.0507. The number of amides is 1. The molecule has 0 atom stereocenters. The van der Waals surface area contributed by atoms with Crippen LogP contribution in [-0.2, 0) is 13.0 Å². The second-order valence-corrected chi connectivity index (χ2v) is 7.56. The molecule has 0 spiro atoms. The van der Waals surface area contributed by atoms with E-state index in [0.717, 1.165) is 5.82 Å². The lowest BCUT2D eigenvalue weighted by Gasteiger charge is -2.09. The lowest BCUT2D eigenvalue weighted by atomic mass is 10.2. The van der Waals surface area contributed by atoms with Crippen molar-refractivity contribution < 1.29 is 9.59 Å². The minimum Gasteiger partial charge on any atom is -0.352 e. The van der Waals surface area contributed by atoms with Gasteiger partial charge in [-0.15, -0.1) is 10.2 Å². The van der Waals surface area contributed by atoms with Crippen LogP contribution in [0.2, 0.25) is 5.02 Å². The van der Waals surface area contributed by atoms with E-state index in [0.29, 0.717) is 46.6 Å². The van der Waals surface area contributed by atoms with Gasteiger partial charge in [0, 0.05) is 25.1 Å². The van der Waals surface area contributed by atoms with E-state index in [2.05, 4.69) is 15.5 Å². The maximum absolute atomic E-state index is 12.3. The van der Waals surface area contributed by atoms with Crippen molar-refractivity contribution in [1.82, 2.24) is 20.1 Å². The first kappa shape index (κ1) is 21.1. The third-order valence-electron chi connectivity index (χ3n) is 4.29. The highest BCUT2D eigenvalue weighted by molar-refractivity contribution is 7.99. The number of hydrogen-bond acceptors (Lipinski definition) is 5. The molecule has 0 bridgehead atoms. The van der Waals surface area contributed by atoms with Gasteiger partial charge in [0.05, 0.1) is 16.3 Å². The average Bonchev–Trinajstić information content (AvgIpc) is 3.14. The molecule has 0 aliphatic heterocycles. The van der Waals surface area contributed by atoms with Crippen LogP contribution in [0, 0.1) is 0 Å². The van der Waals surface area contributed by atoms with Crippen LogP contribution in [0.5, 0.6) is 0 Å². The molecule has 1 N–H and O–H groups in total. The van der Waals surface area contributed by atoms with Gasteiger partial charge in [0.1, 0.15) is 5.82 Å². The SMILES string of the molecule is CCn1c(CCNC(=O)c2ccccc2Cl)nnc1SCC(=O)c1ccccc1. The van der Waals surface area contributed by atoms with E-state index in [1.54, 1.807) is 36.4 Å². The summed E-state index contributed by atoms with van der Waals surface area (Å²) >= 11 is 7.42. The summed E-state index contributed by atoms with van der Waals surface area (Å²) in [6.07, 6.45) is 0.532. The summed E-state index contributed by atoms with van der Waals surface area (Å²) in [6.45, 7) is 3.09. The molecule has 0 radical (unpaired) electrons. The lowest BCUT2D eigenvalue weighted by molar-refractivity contribution is 0.0953. The number of benzene rings is 2. The largest absolute Gasteiger partial charge is 0.352 e. The number of rotatable bonds is 9. The third kappa shape index (κ3) is 5.46. The highest BCUT2D eigenvalue weighted by Crippen LogP contribution is 2.19. The Kier molecular flexibility index (Phi) is 7.43. The number of hydrogen-bond donors (Lipinski definition) is 1. The number of Topliss-reactive ketones (excluding diaryl/α,β-unsaturated/α-hetero) is 1. The minimum atomic E-state index is -0.221. The zero-order valence-corrected chi connectivity index (χ0v) is 17.5.